The maximum Gasteiger partial charge on any atom is 0.271 e. The zero-order valence-corrected chi connectivity index (χ0v) is 21.5. The standard InChI is InChI=1S/C27H32ClN3O2S/c1-3-21-15-22-24(34-21)16-23-25(32)31(14-13-18-9-11-19(28)12-10-18)27(2,17-30(22)23)26(33)29-20-7-5-4-6-8-20/h9-12,15-16,20H,3-8,13-14,17H2,1-2H3,(H,29,33)/t27-/m1/s1. The third kappa shape index (κ3) is 4.27. The van der Waals surface area contributed by atoms with E-state index in [1.807, 2.05) is 37.3 Å². The quantitative estimate of drug-likeness (QED) is 0.466. The molecule has 2 aromatic heterocycles. The van der Waals surface area contributed by atoms with Crippen molar-refractivity contribution in [2.75, 3.05) is 6.54 Å². The van der Waals surface area contributed by atoms with E-state index in [1.165, 1.54) is 11.3 Å². The lowest BCUT2D eigenvalue weighted by Gasteiger charge is -2.45. The summed E-state index contributed by atoms with van der Waals surface area (Å²) in [5.74, 6) is -0.106. The number of carbonyl (C=O) groups excluding carboxylic acids is 2. The Morgan fingerprint density at radius 1 is 1.18 bits per heavy atom. The number of nitrogens with zero attached hydrogens (tertiary/aromatic N) is 2. The molecule has 34 heavy (non-hydrogen) atoms. The van der Waals surface area contributed by atoms with Crippen LogP contribution in [-0.2, 0) is 24.2 Å². The van der Waals surface area contributed by atoms with Gasteiger partial charge >= 0.3 is 0 Å². The lowest BCUT2D eigenvalue weighted by atomic mass is 9.91. The minimum Gasteiger partial charge on any atom is -0.351 e. The van der Waals surface area contributed by atoms with E-state index in [2.05, 4.69) is 22.9 Å². The molecule has 1 aliphatic carbocycles. The predicted molar refractivity (Wildman–Crippen MR) is 139 cm³/mol. The number of hydrogen-bond acceptors (Lipinski definition) is 3. The molecule has 3 heterocycles. The first-order chi connectivity index (χ1) is 16.4. The second-order valence-electron chi connectivity index (χ2n) is 9.85. The third-order valence-corrected chi connectivity index (χ3v) is 8.95. The normalized spacial score (nSPS) is 21.1. The fraction of sp³-hybridized carbons (Fsp3) is 0.481. The van der Waals surface area contributed by atoms with Gasteiger partial charge in [0.2, 0.25) is 5.91 Å². The van der Waals surface area contributed by atoms with Crippen LogP contribution in [-0.4, -0.2) is 39.4 Å². The summed E-state index contributed by atoms with van der Waals surface area (Å²) in [6.45, 7) is 5.03. The van der Waals surface area contributed by atoms with E-state index in [0.717, 1.165) is 47.9 Å². The number of aromatic nitrogens is 1. The highest BCUT2D eigenvalue weighted by atomic mass is 35.5. The number of benzene rings is 1. The van der Waals surface area contributed by atoms with E-state index in [0.29, 0.717) is 30.2 Å². The molecule has 0 bridgehead atoms. The van der Waals surface area contributed by atoms with Crippen molar-refractivity contribution in [1.82, 2.24) is 14.8 Å². The number of amides is 2. The van der Waals surface area contributed by atoms with E-state index >= 15 is 0 Å². The lowest BCUT2D eigenvalue weighted by Crippen LogP contribution is -2.65. The van der Waals surface area contributed by atoms with Crippen LogP contribution in [0.25, 0.3) is 10.2 Å². The maximum absolute atomic E-state index is 13.8. The lowest BCUT2D eigenvalue weighted by molar-refractivity contribution is -0.133. The molecule has 2 aliphatic rings. The van der Waals surface area contributed by atoms with Crippen LogP contribution in [0.15, 0.2) is 36.4 Å². The Bertz CT molecular complexity index is 1210. The van der Waals surface area contributed by atoms with Gasteiger partial charge in [-0.1, -0.05) is 49.9 Å². The van der Waals surface area contributed by atoms with E-state index in [-0.39, 0.29) is 17.9 Å². The van der Waals surface area contributed by atoms with E-state index < -0.39 is 5.54 Å². The van der Waals surface area contributed by atoms with E-state index in [1.54, 1.807) is 16.2 Å². The van der Waals surface area contributed by atoms with Gasteiger partial charge in [0, 0.05) is 22.5 Å². The van der Waals surface area contributed by atoms with Crippen LogP contribution >= 0.6 is 22.9 Å². The van der Waals surface area contributed by atoms with Crippen molar-refractivity contribution in [2.45, 2.75) is 76.9 Å². The fourth-order valence-corrected chi connectivity index (χ4v) is 6.56. The molecule has 0 unspecified atom stereocenters. The number of nitrogens with one attached hydrogen (secondary N) is 1. The minimum absolute atomic E-state index is 0.0395. The van der Waals surface area contributed by atoms with Crippen molar-refractivity contribution < 1.29 is 9.59 Å². The van der Waals surface area contributed by atoms with Crippen LogP contribution in [0.3, 0.4) is 0 Å². The number of thiophene rings is 1. The van der Waals surface area contributed by atoms with Crippen molar-refractivity contribution in [3.05, 3.63) is 57.6 Å². The van der Waals surface area contributed by atoms with Crippen molar-refractivity contribution in [3.63, 3.8) is 0 Å². The molecule has 1 fully saturated rings. The highest BCUT2D eigenvalue weighted by molar-refractivity contribution is 7.19. The molecule has 5 rings (SSSR count). The first-order valence-corrected chi connectivity index (χ1v) is 13.6. The van der Waals surface area contributed by atoms with Crippen LogP contribution in [0.2, 0.25) is 5.02 Å². The summed E-state index contributed by atoms with van der Waals surface area (Å²) in [7, 11) is 0. The van der Waals surface area contributed by atoms with Crippen LogP contribution in [0.4, 0.5) is 0 Å². The summed E-state index contributed by atoms with van der Waals surface area (Å²) in [6, 6.07) is 12.1. The molecule has 3 aromatic rings. The number of rotatable bonds is 6. The van der Waals surface area contributed by atoms with Gasteiger partial charge in [-0.15, -0.1) is 11.3 Å². The van der Waals surface area contributed by atoms with Crippen LogP contribution in [0, 0.1) is 0 Å². The van der Waals surface area contributed by atoms with Gasteiger partial charge in [-0.25, -0.2) is 0 Å². The molecule has 0 saturated heterocycles. The predicted octanol–water partition coefficient (Wildman–Crippen LogP) is 5.82. The molecule has 7 heteroatoms. The number of carbonyl (C=O) groups is 2. The highest BCUT2D eigenvalue weighted by Gasteiger charge is 2.48. The molecule has 1 aromatic carbocycles. The van der Waals surface area contributed by atoms with Gasteiger partial charge in [-0.05, 0) is 62.4 Å². The SMILES string of the molecule is CCc1cc2c(cc3n2C[C@](C)(C(=O)NC2CCCCC2)N(CCc2ccc(Cl)cc2)C3=O)s1. The molecule has 0 spiro atoms. The first kappa shape index (κ1) is 23.4. The maximum atomic E-state index is 13.8. The molecule has 180 valence electrons. The summed E-state index contributed by atoms with van der Waals surface area (Å²) >= 11 is 7.79. The van der Waals surface area contributed by atoms with Crippen LogP contribution in [0.5, 0.6) is 0 Å². The molecule has 5 nitrogen and oxygen atoms in total. The Labute approximate surface area is 210 Å². The van der Waals surface area contributed by atoms with E-state index in [9.17, 15) is 9.59 Å². The molecule has 1 aliphatic heterocycles. The molecule has 1 N–H and O–H groups in total. The molecular weight excluding hydrogens is 466 g/mol. The second kappa shape index (κ2) is 9.38. The highest BCUT2D eigenvalue weighted by Crippen LogP contribution is 2.36. The number of hydrogen-bond donors (Lipinski definition) is 1. The van der Waals surface area contributed by atoms with Gasteiger partial charge in [0.05, 0.1) is 16.8 Å². The molecule has 2 amide bonds. The Kier molecular flexibility index (Phi) is 6.47. The van der Waals surface area contributed by atoms with Gasteiger partial charge in [-0.3, -0.25) is 9.59 Å². The Morgan fingerprint density at radius 3 is 2.62 bits per heavy atom. The smallest absolute Gasteiger partial charge is 0.271 e. The Balaban J connectivity index is 1.48. The first-order valence-electron chi connectivity index (χ1n) is 12.4. The van der Waals surface area contributed by atoms with Crippen LogP contribution < -0.4 is 5.32 Å². The molecule has 1 saturated carbocycles. The summed E-state index contributed by atoms with van der Waals surface area (Å²) < 4.78 is 3.20. The van der Waals surface area contributed by atoms with Crippen LogP contribution in [0.1, 0.15) is 66.9 Å². The summed E-state index contributed by atoms with van der Waals surface area (Å²) in [5.41, 5.74) is 1.90. The monoisotopic (exact) mass is 497 g/mol. The van der Waals surface area contributed by atoms with E-state index in [4.69, 9.17) is 11.6 Å². The minimum atomic E-state index is -0.950. The summed E-state index contributed by atoms with van der Waals surface area (Å²) in [6.07, 6.45) is 7.21. The average molecular weight is 498 g/mol. The number of halogens is 1. The summed E-state index contributed by atoms with van der Waals surface area (Å²) in [5, 5.41) is 4.01. The third-order valence-electron chi connectivity index (χ3n) is 7.48. The number of fused-ring (bicyclic) bond motifs is 3. The fourth-order valence-electron chi connectivity index (χ4n) is 5.39. The molecule has 0 radical (unpaired) electrons. The average Bonchev–Trinajstić information content (AvgIpc) is 3.39. The topological polar surface area (TPSA) is 54.3 Å². The van der Waals surface area contributed by atoms with Crippen molar-refractivity contribution >= 4 is 45.0 Å². The van der Waals surface area contributed by atoms with Gasteiger partial charge in [0.1, 0.15) is 11.2 Å². The molecule has 1 atom stereocenters. The van der Waals surface area contributed by atoms with Gasteiger partial charge in [0.15, 0.2) is 0 Å². The van der Waals surface area contributed by atoms with Crippen molar-refractivity contribution in [1.29, 1.82) is 0 Å². The van der Waals surface area contributed by atoms with Crippen molar-refractivity contribution in [2.24, 2.45) is 0 Å². The largest absolute Gasteiger partial charge is 0.351 e. The van der Waals surface area contributed by atoms with Gasteiger partial charge in [0.25, 0.3) is 5.91 Å². The molecular formula is C27H32ClN3O2S. The summed E-state index contributed by atoms with van der Waals surface area (Å²) in [4.78, 5) is 30.7. The Hall–Kier alpha value is -2.31. The van der Waals surface area contributed by atoms with Gasteiger partial charge < -0.3 is 14.8 Å². The van der Waals surface area contributed by atoms with Crippen molar-refractivity contribution in [3.8, 4) is 0 Å². The zero-order valence-electron chi connectivity index (χ0n) is 19.9. The zero-order chi connectivity index (χ0) is 23.9. The van der Waals surface area contributed by atoms with Gasteiger partial charge in [-0.2, -0.15) is 0 Å². The number of aryl methyl sites for hydroxylation is 1. The second-order valence-corrected chi connectivity index (χ2v) is 11.5. The Morgan fingerprint density at radius 2 is 1.91 bits per heavy atom.